The molecule has 0 fully saturated rings. The highest BCUT2D eigenvalue weighted by molar-refractivity contribution is 5.69. The van der Waals surface area contributed by atoms with Crippen LogP contribution in [0.5, 0.6) is 0 Å². The standard InChI is InChI=1S/C14H21NO2/c1-10(2)15(9-14(16)17)12(4)13-7-5-11(3)6-8-13/h5-8,10,12H,9H2,1-4H3,(H,16,17). The fourth-order valence-corrected chi connectivity index (χ4v) is 1.96. The van der Waals surface area contributed by atoms with Crippen LogP contribution >= 0.6 is 0 Å². The van der Waals surface area contributed by atoms with E-state index in [9.17, 15) is 4.79 Å². The lowest BCUT2D eigenvalue weighted by Crippen LogP contribution is -2.37. The Kier molecular flexibility index (Phi) is 4.70. The second-order valence-electron chi connectivity index (χ2n) is 4.75. The largest absolute Gasteiger partial charge is 0.480 e. The average molecular weight is 235 g/mol. The smallest absolute Gasteiger partial charge is 0.317 e. The normalized spacial score (nSPS) is 13.1. The molecule has 0 aliphatic heterocycles. The minimum atomic E-state index is -0.780. The Labute approximate surface area is 103 Å². The topological polar surface area (TPSA) is 40.5 Å². The summed E-state index contributed by atoms with van der Waals surface area (Å²) in [6.07, 6.45) is 0. The van der Waals surface area contributed by atoms with Crippen molar-refractivity contribution in [3.63, 3.8) is 0 Å². The van der Waals surface area contributed by atoms with E-state index in [4.69, 9.17) is 5.11 Å². The molecule has 0 heterocycles. The van der Waals surface area contributed by atoms with Gasteiger partial charge < -0.3 is 5.11 Å². The Morgan fingerprint density at radius 1 is 1.24 bits per heavy atom. The predicted octanol–water partition coefficient (Wildman–Crippen LogP) is 2.85. The van der Waals surface area contributed by atoms with Crippen LogP contribution in [0.25, 0.3) is 0 Å². The van der Waals surface area contributed by atoms with E-state index in [-0.39, 0.29) is 18.6 Å². The minimum absolute atomic E-state index is 0.0761. The summed E-state index contributed by atoms with van der Waals surface area (Å²) in [5.74, 6) is -0.780. The summed E-state index contributed by atoms with van der Waals surface area (Å²) in [7, 11) is 0. The van der Waals surface area contributed by atoms with Gasteiger partial charge in [0, 0.05) is 12.1 Å². The van der Waals surface area contributed by atoms with Gasteiger partial charge in [-0.15, -0.1) is 0 Å². The van der Waals surface area contributed by atoms with Crippen LogP contribution < -0.4 is 0 Å². The van der Waals surface area contributed by atoms with Gasteiger partial charge in [0.15, 0.2) is 0 Å². The molecule has 0 amide bonds. The molecule has 17 heavy (non-hydrogen) atoms. The second kappa shape index (κ2) is 5.82. The highest BCUT2D eigenvalue weighted by Gasteiger charge is 2.20. The molecule has 1 aromatic carbocycles. The molecule has 3 nitrogen and oxygen atoms in total. The molecule has 0 aliphatic carbocycles. The highest BCUT2D eigenvalue weighted by atomic mass is 16.4. The molecule has 94 valence electrons. The lowest BCUT2D eigenvalue weighted by Gasteiger charge is -2.31. The summed E-state index contributed by atoms with van der Waals surface area (Å²) in [4.78, 5) is 12.8. The number of rotatable bonds is 5. The van der Waals surface area contributed by atoms with Gasteiger partial charge in [-0.1, -0.05) is 29.8 Å². The van der Waals surface area contributed by atoms with Gasteiger partial charge in [-0.2, -0.15) is 0 Å². The number of nitrogens with zero attached hydrogens (tertiary/aromatic N) is 1. The molecule has 0 spiro atoms. The SMILES string of the molecule is Cc1ccc(C(C)N(CC(=O)O)C(C)C)cc1. The predicted molar refractivity (Wildman–Crippen MR) is 69.1 cm³/mol. The van der Waals surface area contributed by atoms with Crippen LogP contribution in [0.2, 0.25) is 0 Å². The number of carbonyl (C=O) groups is 1. The first kappa shape index (κ1) is 13.7. The third-order valence-corrected chi connectivity index (χ3v) is 3.04. The highest BCUT2D eigenvalue weighted by Crippen LogP contribution is 2.22. The van der Waals surface area contributed by atoms with Gasteiger partial charge >= 0.3 is 5.97 Å². The Balaban J connectivity index is 2.87. The zero-order valence-corrected chi connectivity index (χ0v) is 11.0. The van der Waals surface area contributed by atoms with Crippen molar-refractivity contribution in [3.8, 4) is 0 Å². The van der Waals surface area contributed by atoms with Crippen molar-refractivity contribution >= 4 is 5.97 Å². The lowest BCUT2D eigenvalue weighted by molar-refractivity contribution is -0.139. The van der Waals surface area contributed by atoms with E-state index in [1.165, 1.54) is 5.56 Å². The van der Waals surface area contributed by atoms with Gasteiger partial charge in [0.1, 0.15) is 0 Å². The molecule has 1 rings (SSSR count). The molecule has 1 N–H and O–H groups in total. The van der Waals surface area contributed by atoms with Gasteiger partial charge in [-0.3, -0.25) is 9.69 Å². The summed E-state index contributed by atoms with van der Waals surface area (Å²) in [5.41, 5.74) is 2.38. The maximum atomic E-state index is 10.9. The van der Waals surface area contributed by atoms with Crippen molar-refractivity contribution in [2.24, 2.45) is 0 Å². The van der Waals surface area contributed by atoms with Crippen molar-refractivity contribution in [3.05, 3.63) is 35.4 Å². The van der Waals surface area contributed by atoms with E-state index in [2.05, 4.69) is 24.3 Å². The van der Waals surface area contributed by atoms with Crippen LogP contribution in [-0.2, 0) is 4.79 Å². The Bertz CT molecular complexity index is 370. The molecule has 0 radical (unpaired) electrons. The molecule has 0 bridgehead atoms. The fourth-order valence-electron chi connectivity index (χ4n) is 1.96. The first-order valence-corrected chi connectivity index (χ1v) is 5.96. The number of carboxylic acids is 1. The third kappa shape index (κ3) is 3.86. The van der Waals surface area contributed by atoms with Gasteiger partial charge in [-0.25, -0.2) is 0 Å². The van der Waals surface area contributed by atoms with Crippen LogP contribution in [0.4, 0.5) is 0 Å². The summed E-state index contributed by atoms with van der Waals surface area (Å²) in [5, 5.41) is 8.93. The van der Waals surface area contributed by atoms with Crippen molar-refractivity contribution in [1.29, 1.82) is 0 Å². The maximum absolute atomic E-state index is 10.9. The first-order valence-electron chi connectivity index (χ1n) is 5.96. The first-order chi connectivity index (χ1) is 7.91. The van der Waals surface area contributed by atoms with Crippen LogP contribution in [0.1, 0.15) is 37.9 Å². The zero-order chi connectivity index (χ0) is 13.0. The monoisotopic (exact) mass is 235 g/mol. The average Bonchev–Trinajstić information content (AvgIpc) is 2.25. The van der Waals surface area contributed by atoms with Gasteiger partial charge in [0.2, 0.25) is 0 Å². The number of carboxylic acid groups (broad SMARTS) is 1. The van der Waals surface area contributed by atoms with Gasteiger partial charge in [0.25, 0.3) is 0 Å². The maximum Gasteiger partial charge on any atom is 0.317 e. The Morgan fingerprint density at radius 2 is 1.76 bits per heavy atom. The van der Waals surface area contributed by atoms with Crippen molar-refractivity contribution in [2.75, 3.05) is 6.54 Å². The summed E-state index contributed by atoms with van der Waals surface area (Å²) < 4.78 is 0. The van der Waals surface area contributed by atoms with Gasteiger partial charge in [0.05, 0.1) is 6.54 Å². The second-order valence-corrected chi connectivity index (χ2v) is 4.75. The van der Waals surface area contributed by atoms with E-state index in [1.807, 2.05) is 32.6 Å². The molecular weight excluding hydrogens is 214 g/mol. The van der Waals surface area contributed by atoms with Crippen LogP contribution in [-0.4, -0.2) is 28.6 Å². The quantitative estimate of drug-likeness (QED) is 0.853. The van der Waals surface area contributed by atoms with Crippen LogP contribution in [0.15, 0.2) is 24.3 Å². The molecule has 1 unspecified atom stereocenters. The number of hydrogen-bond donors (Lipinski definition) is 1. The fraction of sp³-hybridized carbons (Fsp3) is 0.500. The van der Waals surface area contributed by atoms with Crippen LogP contribution in [0, 0.1) is 6.92 Å². The number of hydrogen-bond acceptors (Lipinski definition) is 2. The molecule has 0 saturated carbocycles. The molecule has 3 heteroatoms. The molecular formula is C14H21NO2. The number of benzene rings is 1. The van der Waals surface area contributed by atoms with Crippen molar-refractivity contribution < 1.29 is 9.90 Å². The minimum Gasteiger partial charge on any atom is -0.480 e. The third-order valence-electron chi connectivity index (χ3n) is 3.04. The molecule has 1 atom stereocenters. The van der Waals surface area contributed by atoms with Gasteiger partial charge in [-0.05, 0) is 33.3 Å². The van der Waals surface area contributed by atoms with Crippen molar-refractivity contribution in [1.82, 2.24) is 4.90 Å². The van der Waals surface area contributed by atoms with E-state index >= 15 is 0 Å². The molecule has 0 aliphatic rings. The number of aryl methyl sites for hydroxylation is 1. The van der Waals surface area contributed by atoms with E-state index in [0.29, 0.717) is 0 Å². The van der Waals surface area contributed by atoms with E-state index in [1.54, 1.807) is 0 Å². The summed E-state index contributed by atoms with van der Waals surface area (Å²) in [6, 6.07) is 8.58. The summed E-state index contributed by atoms with van der Waals surface area (Å²) in [6.45, 7) is 8.22. The van der Waals surface area contributed by atoms with E-state index in [0.717, 1.165) is 5.56 Å². The molecule has 0 saturated heterocycles. The lowest BCUT2D eigenvalue weighted by atomic mass is 10.0. The Morgan fingerprint density at radius 3 is 2.18 bits per heavy atom. The number of aliphatic carboxylic acids is 1. The Hall–Kier alpha value is -1.35. The molecule has 1 aromatic rings. The zero-order valence-electron chi connectivity index (χ0n) is 11.0. The summed E-state index contributed by atoms with van der Waals surface area (Å²) >= 11 is 0. The molecule has 0 aromatic heterocycles. The van der Waals surface area contributed by atoms with Crippen LogP contribution in [0.3, 0.4) is 0 Å². The van der Waals surface area contributed by atoms with Crippen molar-refractivity contribution in [2.45, 2.75) is 39.8 Å². The van der Waals surface area contributed by atoms with E-state index < -0.39 is 5.97 Å².